The van der Waals surface area contributed by atoms with Crippen LogP contribution in [0.25, 0.3) is 0 Å². The van der Waals surface area contributed by atoms with Crippen LogP contribution in [0.3, 0.4) is 0 Å². The minimum atomic E-state index is -0.265. The molecule has 0 spiro atoms. The highest BCUT2D eigenvalue weighted by atomic mass is 14.4. The van der Waals surface area contributed by atoms with Gasteiger partial charge in [0.1, 0.15) is 0 Å². The van der Waals surface area contributed by atoms with Crippen molar-refractivity contribution in [2.45, 2.75) is 66.7 Å². The Morgan fingerprint density at radius 3 is 2.11 bits per heavy atom. The van der Waals surface area contributed by atoms with Crippen LogP contribution in [0.5, 0.6) is 0 Å². The van der Waals surface area contributed by atoms with Gasteiger partial charge < -0.3 is 0 Å². The van der Waals surface area contributed by atoms with Crippen LogP contribution < -0.4 is 0 Å². The Balaban J connectivity index is 0. The van der Waals surface area contributed by atoms with Crippen LogP contribution in [0.2, 0.25) is 0 Å². The largest absolute Gasteiger partial charge is 0.197 e. The lowest BCUT2D eigenvalue weighted by atomic mass is 9.71. The number of allylic oxidation sites excluding steroid dienone is 2. The van der Waals surface area contributed by atoms with Crippen LogP contribution in [0.1, 0.15) is 66.7 Å². The average Bonchev–Trinajstić information content (AvgIpc) is 2.29. The minimum Gasteiger partial charge on any atom is -0.197 e. The lowest BCUT2D eigenvalue weighted by Crippen LogP contribution is -2.23. The van der Waals surface area contributed by atoms with Crippen molar-refractivity contribution in [1.82, 2.24) is 0 Å². The van der Waals surface area contributed by atoms with Crippen LogP contribution in [0.15, 0.2) is 24.8 Å². The summed E-state index contributed by atoms with van der Waals surface area (Å²) in [6.45, 7) is 18.0. The Hall–Kier alpha value is -1.03. The zero-order valence-corrected chi connectivity index (χ0v) is 13.1. The maximum Gasteiger partial charge on any atom is 0.0782 e. The number of hydrogen-bond donors (Lipinski definition) is 0. The highest BCUT2D eigenvalue weighted by molar-refractivity contribution is 5.21. The van der Waals surface area contributed by atoms with E-state index < -0.39 is 0 Å². The second-order valence-corrected chi connectivity index (χ2v) is 5.30. The van der Waals surface area contributed by atoms with E-state index in [4.69, 9.17) is 0 Å². The van der Waals surface area contributed by atoms with Crippen molar-refractivity contribution in [2.75, 3.05) is 0 Å². The zero-order valence-electron chi connectivity index (χ0n) is 13.1. The monoisotopic (exact) mass is 249 g/mol. The van der Waals surface area contributed by atoms with Gasteiger partial charge in [0.15, 0.2) is 0 Å². The highest BCUT2D eigenvalue weighted by Gasteiger charge is 2.32. The Morgan fingerprint density at radius 1 is 1.33 bits per heavy atom. The smallest absolute Gasteiger partial charge is 0.0782 e. The summed E-state index contributed by atoms with van der Waals surface area (Å²) in [5, 5.41) is 9.44. The summed E-state index contributed by atoms with van der Waals surface area (Å²) in [7, 11) is 0. The first-order chi connectivity index (χ1) is 8.43. The van der Waals surface area contributed by atoms with Crippen LogP contribution in [-0.4, -0.2) is 0 Å². The Morgan fingerprint density at radius 2 is 1.83 bits per heavy atom. The topological polar surface area (TPSA) is 23.8 Å². The fourth-order valence-electron chi connectivity index (χ4n) is 2.27. The maximum atomic E-state index is 9.44. The van der Waals surface area contributed by atoms with Gasteiger partial charge >= 0.3 is 0 Å². The second kappa shape index (κ2) is 11.1. The normalized spacial score (nSPS) is 12.9. The van der Waals surface area contributed by atoms with Gasteiger partial charge in [0.05, 0.1) is 11.5 Å². The summed E-state index contributed by atoms with van der Waals surface area (Å²) in [5.74, 6) is 0.560. The standard InChI is InChI=1S/C14H25N.C3H6/c1-6-8-13(5)14(11-15,9-7-2)10-12(3)4;1-3-2/h12H,5-10H2,1-4H3;3H,1H2,2H3. The fourth-order valence-corrected chi connectivity index (χ4v) is 2.27. The molecule has 0 N–H and O–H groups in total. The van der Waals surface area contributed by atoms with Crippen molar-refractivity contribution in [2.24, 2.45) is 11.3 Å². The summed E-state index contributed by atoms with van der Waals surface area (Å²) in [6, 6.07) is 2.53. The van der Waals surface area contributed by atoms with Crippen molar-refractivity contribution in [1.29, 1.82) is 5.26 Å². The van der Waals surface area contributed by atoms with Gasteiger partial charge in [0, 0.05) is 0 Å². The third kappa shape index (κ3) is 7.33. The number of nitriles is 1. The summed E-state index contributed by atoms with van der Waals surface area (Å²) in [4.78, 5) is 0. The van der Waals surface area contributed by atoms with Crippen LogP contribution in [0, 0.1) is 22.7 Å². The Kier molecular flexibility index (Phi) is 11.9. The fraction of sp³-hybridized carbons (Fsp3) is 0.706. The molecule has 0 saturated heterocycles. The van der Waals surface area contributed by atoms with Gasteiger partial charge in [-0.25, -0.2) is 0 Å². The van der Waals surface area contributed by atoms with E-state index in [2.05, 4.69) is 46.9 Å². The van der Waals surface area contributed by atoms with E-state index in [0.29, 0.717) is 5.92 Å². The lowest BCUT2D eigenvalue weighted by molar-refractivity contribution is 0.332. The van der Waals surface area contributed by atoms with E-state index >= 15 is 0 Å². The lowest BCUT2D eigenvalue weighted by Gasteiger charge is -2.30. The van der Waals surface area contributed by atoms with E-state index in [9.17, 15) is 5.26 Å². The van der Waals surface area contributed by atoms with Gasteiger partial charge in [0.25, 0.3) is 0 Å². The van der Waals surface area contributed by atoms with Gasteiger partial charge in [-0.2, -0.15) is 5.26 Å². The zero-order chi connectivity index (χ0) is 14.6. The second-order valence-electron chi connectivity index (χ2n) is 5.30. The Bertz CT molecular complexity index is 270. The molecular formula is C17H31N. The third-order valence-electron chi connectivity index (χ3n) is 2.88. The van der Waals surface area contributed by atoms with E-state index in [0.717, 1.165) is 37.7 Å². The summed E-state index contributed by atoms with van der Waals surface area (Å²) in [5.41, 5.74) is 0.877. The highest BCUT2D eigenvalue weighted by Crippen LogP contribution is 2.39. The third-order valence-corrected chi connectivity index (χ3v) is 2.88. The molecule has 1 unspecified atom stereocenters. The van der Waals surface area contributed by atoms with Crippen molar-refractivity contribution >= 4 is 0 Å². The average molecular weight is 249 g/mol. The Labute approximate surface area is 115 Å². The maximum absolute atomic E-state index is 9.44. The number of rotatable bonds is 7. The first kappa shape index (κ1) is 19.3. The molecule has 0 bridgehead atoms. The molecule has 0 rings (SSSR count). The first-order valence-electron chi connectivity index (χ1n) is 7.10. The van der Waals surface area contributed by atoms with Crippen LogP contribution >= 0.6 is 0 Å². The van der Waals surface area contributed by atoms with Crippen molar-refractivity contribution < 1.29 is 0 Å². The molecule has 0 aromatic rings. The SMILES string of the molecule is C=C(CCC)C(C#N)(CCC)CC(C)C.C=CC. The quantitative estimate of drug-likeness (QED) is 0.516. The van der Waals surface area contributed by atoms with Gasteiger partial charge in [-0.15, -0.1) is 6.58 Å². The van der Waals surface area contributed by atoms with Crippen molar-refractivity contribution in [3.63, 3.8) is 0 Å². The molecule has 0 radical (unpaired) electrons. The van der Waals surface area contributed by atoms with Gasteiger partial charge in [-0.3, -0.25) is 0 Å². The molecule has 0 aliphatic rings. The van der Waals surface area contributed by atoms with E-state index in [1.807, 2.05) is 6.92 Å². The predicted molar refractivity (Wildman–Crippen MR) is 82.3 cm³/mol. The van der Waals surface area contributed by atoms with E-state index in [-0.39, 0.29) is 5.41 Å². The molecular weight excluding hydrogens is 218 g/mol. The van der Waals surface area contributed by atoms with Crippen molar-refractivity contribution in [3.8, 4) is 6.07 Å². The van der Waals surface area contributed by atoms with E-state index in [1.165, 1.54) is 0 Å². The molecule has 0 saturated carbocycles. The van der Waals surface area contributed by atoms with E-state index in [1.54, 1.807) is 6.08 Å². The van der Waals surface area contributed by atoms with Crippen LogP contribution in [0.4, 0.5) is 0 Å². The summed E-state index contributed by atoms with van der Waals surface area (Å²) in [6.07, 6.45) is 6.80. The molecule has 1 atom stereocenters. The minimum absolute atomic E-state index is 0.265. The molecule has 0 aliphatic heterocycles. The van der Waals surface area contributed by atoms with Gasteiger partial charge in [0.2, 0.25) is 0 Å². The van der Waals surface area contributed by atoms with Gasteiger partial charge in [-0.05, 0) is 32.1 Å². The molecule has 0 amide bonds. The molecule has 1 heteroatoms. The molecule has 18 heavy (non-hydrogen) atoms. The van der Waals surface area contributed by atoms with Crippen molar-refractivity contribution in [3.05, 3.63) is 24.8 Å². The molecule has 0 aromatic heterocycles. The molecule has 0 aromatic carbocycles. The molecule has 0 aliphatic carbocycles. The summed E-state index contributed by atoms with van der Waals surface area (Å²) >= 11 is 0. The summed E-state index contributed by atoms with van der Waals surface area (Å²) < 4.78 is 0. The first-order valence-corrected chi connectivity index (χ1v) is 7.10. The molecule has 104 valence electrons. The molecule has 1 nitrogen and oxygen atoms in total. The van der Waals surface area contributed by atoms with Gasteiger partial charge in [-0.1, -0.05) is 58.8 Å². The number of nitrogens with zero attached hydrogens (tertiary/aromatic N) is 1. The molecule has 0 fully saturated rings. The predicted octanol–water partition coefficient (Wildman–Crippen LogP) is 5.89. The van der Waals surface area contributed by atoms with Crippen LogP contribution in [-0.2, 0) is 0 Å². The number of hydrogen-bond acceptors (Lipinski definition) is 1. The molecule has 0 heterocycles.